The van der Waals surface area contributed by atoms with Crippen molar-refractivity contribution in [3.05, 3.63) is 64.1 Å². The number of para-hydroxylation sites is 1. The Bertz CT molecular complexity index is 979. The highest BCUT2D eigenvalue weighted by Gasteiger charge is 2.40. The number of aryl methyl sites for hydroxylation is 1. The van der Waals surface area contributed by atoms with Crippen LogP contribution in [0.1, 0.15) is 64.4 Å². The van der Waals surface area contributed by atoms with Gasteiger partial charge in [-0.2, -0.15) is 0 Å². The van der Waals surface area contributed by atoms with Crippen molar-refractivity contribution in [3.8, 4) is 0 Å². The average Bonchev–Trinajstić information content (AvgIpc) is 3.26. The SMILES string of the molecule is CCC/C=C1\C(C(N)=O)=C2CCCC2=C(N2CCC(C)(CN)CC2)N1c1ccccc1C. The van der Waals surface area contributed by atoms with Crippen molar-refractivity contribution in [2.75, 3.05) is 24.5 Å². The Hall–Kier alpha value is -2.53. The summed E-state index contributed by atoms with van der Waals surface area (Å²) in [5.74, 6) is 0.951. The highest BCUT2D eigenvalue weighted by molar-refractivity contribution is 6.01. The van der Waals surface area contributed by atoms with Crippen LogP contribution >= 0.6 is 0 Å². The fraction of sp³-hybridized carbons (Fsp3) is 0.519. The molecule has 3 aliphatic rings. The molecule has 2 fully saturated rings. The average molecular weight is 435 g/mol. The molecule has 2 aliphatic heterocycles. The Morgan fingerprint density at radius 3 is 2.47 bits per heavy atom. The molecule has 1 aromatic carbocycles. The van der Waals surface area contributed by atoms with Crippen molar-refractivity contribution in [2.24, 2.45) is 16.9 Å². The van der Waals surface area contributed by atoms with Gasteiger partial charge in [0.25, 0.3) is 5.91 Å². The van der Waals surface area contributed by atoms with Crippen LogP contribution in [0.3, 0.4) is 0 Å². The lowest BCUT2D eigenvalue weighted by Crippen LogP contribution is -2.47. The summed E-state index contributed by atoms with van der Waals surface area (Å²) in [5.41, 5.74) is 18.8. The quantitative estimate of drug-likeness (QED) is 0.678. The van der Waals surface area contributed by atoms with Crippen molar-refractivity contribution in [1.29, 1.82) is 0 Å². The number of carbonyl (C=O) groups excluding carboxylic acids is 1. The Morgan fingerprint density at radius 1 is 1.16 bits per heavy atom. The molecule has 0 atom stereocenters. The summed E-state index contributed by atoms with van der Waals surface area (Å²) in [5, 5.41) is 0. The number of nitrogens with zero attached hydrogens (tertiary/aromatic N) is 2. The lowest BCUT2D eigenvalue weighted by atomic mass is 9.80. The van der Waals surface area contributed by atoms with Gasteiger partial charge in [-0.3, -0.25) is 9.69 Å². The zero-order chi connectivity index (χ0) is 22.9. The molecule has 2 heterocycles. The number of nitrogens with two attached hydrogens (primary N) is 2. The lowest BCUT2D eigenvalue weighted by molar-refractivity contribution is -0.114. The molecule has 1 saturated heterocycles. The van der Waals surface area contributed by atoms with Gasteiger partial charge in [-0.1, -0.05) is 44.5 Å². The first kappa shape index (κ1) is 22.7. The summed E-state index contributed by atoms with van der Waals surface area (Å²) in [6.07, 6.45) is 9.32. The van der Waals surface area contributed by atoms with E-state index in [1.807, 2.05) is 0 Å². The number of rotatable bonds is 6. The molecule has 1 aliphatic carbocycles. The van der Waals surface area contributed by atoms with Crippen molar-refractivity contribution in [1.82, 2.24) is 4.90 Å². The molecule has 172 valence electrons. The zero-order valence-corrected chi connectivity index (χ0v) is 19.9. The third kappa shape index (κ3) is 3.99. The number of allylic oxidation sites excluding steroid dienone is 3. The molecule has 32 heavy (non-hydrogen) atoms. The zero-order valence-electron chi connectivity index (χ0n) is 19.9. The molecule has 0 spiro atoms. The van der Waals surface area contributed by atoms with Crippen LogP contribution in [-0.4, -0.2) is 30.4 Å². The molecule has 0 aromatic heterocycles. The fourth-order valence-electron chi connectivity index (χ4n) is 5.38. The molecule has 4 N–H and O–H groups in total. The minimum atomic E-state index is -0.311. The first-order valence-electron chi connectivity index (χ1n) is 12.2. The van der Waals surface area contributed by atoms with Gasteiger partial charge in [0.1, 0.15) is 5.82 Å². The number of benzene rings is 1. The number of carbonyl (C=O) groups is 1. The van der Waals surface area contributed by atoms with Gasteiger partial charge in [0, 0.05) is 13.1 Å². The van der Waals surface area contributed by atoms with Crippen LogP contribution in [0.4, 0.5) is 5.69 Å². The normalized spacial score (nSPS) is 22.1. The van der Waals surface area contributed by atoms with Crippen LogP contribution in [0.5, 0.6) is 0 Å². The van der Waals surface area contributed by atoms with Crippen LogP contribution in [0.15, 0.2) is 58.6 Å². The molecule has 0 radical (unpaired) electrons. The van der Waals surface area contributed by atoms with Crippen molar-refractivity contribution < 1.29 is 4.79 Å². The van der Waals surface area contributed by atoms with E-state index in [1.54, 1.807) is 0 Å². The number of amides is 1. The van der Waals surface area contributed by atoms with Gasteiger partial charge in [0.15, 0.2) is 0 Å². The number of unbranched alkanes of at least 4 members (excludes halogenated alkanes) is 1. The van der Waals surface area contributed by atoms with Crippen LogP contribution in [0.2, 0.25) is 0 Å². The van der Waals surface area contributed by atoms with E-state index in [9.17, 15) is 4.79 Å². The largest absolute Gasteiger partial charge is 0.366 e. The first-order chi connectivity index (χ1) is 15.4. The highest BCUT2D eigenvalue weighted by atomic mass is 16.1. The summed E-state index contributed by atoms with van der Waals surface area (Å²) in [6.45, 7) is 9.32. The van der Waals surface area contributed by atoms with E-state index in [1.165, 1.54) is 22.5 Å². The smallest absolute Gasteiger partial charge is 0.251 e. The topological polar surface area (TPSA) is 75.6 Å². The number of anilines is 1. The highest BCUT2D eigenvalue weighted by Crippen LogP contribution is 2.48. The van der Waals surface area contributed by atoms with Crippen LogP contribution in [0.25, 0.3) is 0 Å². The Kier molecular flexibility index (Phi) is 6.47. The van der Waals surface area contributed by atoms with Crippen LogP contribution in [-0.2, 0) is 4.79 Å². The second-order valence-corrected chi connectivity index (χ2v) is 9.88. The van der Waals surface area contributed by atoms with Crippen molar-refractivity contribution >= 4 is 11.6 Å². The molecule has 1 saturated carbocycles. The van der Waals surface area contributed by atoms with Gasteiger partial charge in [0.05, 0.1) is 17.0 Å². The Labute approximate surface area is 192 Å². The molecule has 1 aromatic rings. The van der Waals surface area contributed by atoms with E-state index in [0.29, 0.717) is 0 Å². The first-order valence-corrected chi connectivity index (χ1v) is 12.2. The second kappa shape index (κ2) is 9.14. The third-order valence-corrected chi connectivity index (χ3v) is 7.49. The minimum Gasteiger partial charge on any atom is -0.366 e. The van der Waals surface area contributed by atoms with Crippen molar-refractivity contribution in [2.45, 2.75) is 65.7 Å². The predicted molar refractivity (Wildman–Crippen MR) is 132 cm³/mol. The van der Waals surface area contributed by atoms with E-state index < -0.39 is 0 Å². The summed E-state index contributed by atoms with van der Waals surface area (Å²) in [4.78, 5) is 17.7. The van der Waals surface area contributed by atoms with Gasteiger partial charge >= 0.3 is 0 Å². The molecule has 0 unspecified atom stereocenters. The van der Waals surface area contributed by atoms with Crippen LogP contribution in [0, 0.1) is 12.3 Å². The van der Waals surface area contributed by atoms with Gasteiger partial charge in [0.2, 0.25) is 0 Å². The maximum atomic E-state index is 12.8. The maximum absolute atomic E-state index is 12.8. The minimum absolute atomic E-state index is 0.206. The third-order valence-electron chi connectivity index (χ3n) is 7.49. The number of fused-ring (bicyclic) bond motifs is 1. The summed E-state index contributed by atoms with van der Waals surface area (Å²) < 4.78 is 0. The fourth-order valence-corrected chi connectivity index (χ4v) is 5.38. The van der Waals surface area contributed by atoms with Gasteiger partial charge < -0.3 is 16.4 Å². The number of primary amides is 1. The molecular weight excluding hydrogens is 396 g/mol. The van der Waals surface area contributed by atoms with E-state index >= 15 is 0 Å². The lowest BCUT2D eigenvalue weighted by Gasteiger charge is -2.47. The monoisotopic (exact) mass is 434 g/mol. The molecular formula is C27H38N4O. The van der Waals surface area contributed by atoms with Crippen LogP contribution < -0.4 is 16.4 Å². The molecule has 5 heteroatoms. The van der Waals surface area contributed by atoms with Crippen molar-refractivity contribution in [3.63, 3.8) is 0 Å². The van der Waals surface area contributed by atoms with E-state index in [0.717, 1.165) is 81.5 Å². The maximum Gasteiger partial charge on any atom is 0.251 e. The Balaban J connectivity index is 1.91. The molecule has 5 nitrogen and oxygen atoms in total. The molecule has 0 bridgehead atoms. The summed E-state index contributed by atoms with van der Waals surface area (Å²) >= 11 is 0. The van der Waals surface area contributed by atoms with E-state index in [4.69, 9.17) is 11.5 Å². The standard InChI is InChI=1S/C27H38N4O/c1-4-5-12-23-24(25(29)32)20-10-8-11-21(20)26(30-16-14-27(3,18-28)15-17-30)31(23)22-13-7-6-9-19(22)2/h6-7,9,12-13H,4-5,8,10-11,14-18,28H2,1-3H3,(H2,29,32)/b23-12+. The van der Waals surface area contributed by atoms with Gasteiger partial charge in [-0.25, -0.2) is 0 Å². The summed E-state index contributed by atoms with van der Waals surface area (Å²) in [7, 11) is 0. The van der Waals surface area contributed by atoms with E-state index in [-0.39, 0.29) is 11.3 Å². The van der Waals surface area contributed by atoms with E-state index in [2.05, 4.69) is 60.9 Å². The Morgan fingerprint density at radius 2 is 1.84 bits per heavy atom. The van der Waals surface area contributed by atoms with Gasteiger partial charge in [-0.15, -0.1) is 0 Å². The molecule has 4 rings (SSSR count). The number of likely N-dealkylation sites (tertiary alicyclic amines) is 1. The number of piperidine rings is 1. The molecule has 1 amide bonds. The van der Waals surface area contributed by atoms with Gasteiger partial charge in [-0.05, 0) is 80.2 Å². The number of hydrogen-bond donors (Lipinski definition) is 2. The number of hydrogen-bond acceptors (Lipinski definition) is 4. The summed E-state index contributed by atoms with van der Waals surface area (Å²) in [6, 6.07) is 8.47. The second-order valence-electron chi connectivity index (χ2n) is 9.88. The predicted octanol–water partition coefficient (Wildman–Crippen LogP) is 4.74.